The first-order valence-corrected chi connectivity index (χ1v) is 10.4. The van der Waals surface area contributed by atoms with Gasteiger partial charge in [-0.15, -0.1) is 0 Å². The van der Waals surface area contributed by atoms with Gasteiger partial charge < -0.3 is 0 Å². The first-order valence-electron chi connectivity index (χ1n) is 9.18. The summed E-state index contributed by atoms with van der Waals surface area (Å²) < 4.78 is 0. The lowest BCUT2D eigenvalue weighted by atomic mass is 10.0. The van der Waals surface area contributed by atoms with Crippen LogP contribution in [0, 0.1) is 6.92 Å². The van der Waals surface area contributed by atoms with Gasteiger partial charge in [-0.2, -0.15) is 0 Å². The lowest BCUT2D eigenvalue weighted by molar-refractivity contribution is -0.137. The third-order valence-electron chi connectivity index (χ3n) is 4.72. The SMILES string of the molecule is Cc1ccc(C2=C(Sc3ccccc3)C(=O)N(Cc3ccccc3Cl)C2=O)cc1. The van der Waals surface area contributed by atoms with E-state index in [9.17, 15) is 9.59 Å². The second-order valence-electron chi connectivity index (χ2n) is 6.77. The Morgan fingerprint density at radius 1 is 0.828 bits per heavy atom. The zero-order valence-electron chi connectivity index (χ0n) is 15.8. The summed E-state index contributed by atoms with van der Waals surface area (Å²) >= 11 is 7.59. The molecule has 0 fully saturated rings. The van der Waals surface area contributed by atoms with Gasteiger partial charge in [0.1, 0.15) is 0 Å². The molecule has 0 bridgehead atoms. The minimum Gasteiger partial charge on any atom is -0.269 e. The van der Waals surface area contributed by atoms with Crippen molar-refractivity contribution in [2.45, 2.75) is 18.4 Å². The smallest absolute Gasteiger partial charge is 0.268 e. The number of carbonyl (C=O) groups excluding carboxylic acids is 2. The topological polar surface area (TPSA) is 37.4 Å². The summed E-state index contributed by atoms with van der Waals surface area (Å²) in [5.74, 6) is -0.587. The Morgan fingerprint density at radius 2 is 1.48 bits per heavy atom. The molecule has 3 nitrogen and oxygen atoms in total. The van der Waals surface area contributed by atoms with Gasteiger partial charge in [0.2, 0.25) is 0 Å². The zero-order chi connectivity index (χ0) is 20.4. The van der Waals surface area contributed by atoms with E-state index < -0.39 is 0 Å². The van der Waals surface area contributed by atoms with E-state index in [-0.39, 0.29) is 18.4 Å². The number of amides is 2. The molecule has 3 aromatic carbocycles. The van der Waals surface area contributed by atoms with Crippen LogP contribution >= 0.6 is 23.4 Å². The van der Waals surface area contributed by atoms with Crippen LogP contribution in [0.3, 0.4) is 0 Å². The van der Waals surface area contributed by atoms with E-state index in [0.29, 0.717) is 15.5 Å². The van der Waals surface area contributed by atoms with Gasteiger partial charge in [0, 0.05) is 9.92 Å². The number of rotatable bonds is 5. The van der Waals surface area contributed by atoms with E-state index in [0.717, 1.165) is 21.6 Å². The van der Waals surface area contributed by atoms with E-state index in [1.54, 1.807) is 6.07 Å². The number of nitrogens with zero attached hydrogens (tertiary/aromatic N) is 1. The Kier molecular flexibility index (Phi) is 5.56. The number of carbonyl (C=O) groups is 2. The fourth-order valence-electron chi connectivity index (χ4n) is 3.17. The van der Waals surface area contributed by atoms with Gasteiger partial charge in [-0.1, -0.05) is 89.6 Å². The second-order valence-corrected chi connectivity index (χ2v) is 8.26. The van der Waals surface area contributed by atoms with Crippen molar-refractivity contribution in [3.05, 3.63) is 105 Å². The van der Waals surface area contributed by atoms with Gasteiger partial charge in [0.15, 0.2) is 0 Å². The summed E-state index contributed by atoms with van der Waals surface area (Å²) in [5, 5.41) is 0.536. The molecule has 1 aliphatic rings. The van der Waals surface area contributed by atoms with Crippen molar-refractivity contribution >= 4 is 40.8 Å². The maximum Gasteiger partial charge on any atom is 0.268 e. The molecule has 1 aliphatic heterocycles. The van der Waals surface area contributed by atoms with Crippen LogP contribution < -0.4 is 0 Å². The fourth-order valence-corrected chi connectivity index (χ4v) is 4.40. The van der Waals surface area contributed by atoms with Crippen molar-refractivity contribution < 1.29 is 9.59 Å². The molecular weight excluding hydrogens is 402 g/mol. The van der Waals surface area contributed by atoms with E-state index in [1.165, 1.54) is 16.7 Å². The van der Waals surface area contributed by atoms with Crippen LogP contribution in [-0.4, -0.2) is 16.7 Å². The lowest BCUT2D eigenvalue weighted by Crippen LogP contribution is -2.31. The molecule has 4 rings (SSSR count). The van der Waals surface area contributed by atoms with Crippen LogP contribution in [0.5, 0.6) is 0 Å². The largest absolute Gasteiger partial charge is 0.269 e. The molecular formula is C24H18ClNO2S. The van der Waals surface area contributed by atoms with E-state index >= 15 is 0 Å². The van der Waals surface area contributed by atoms with Gasteiger partial charge in [0.05, 0.1) is 17.0 Å². The number of halogens is 1. The molecule has 0 saturated heterocycles. The fraction of sp³-hybridized carbons (Fsp3) is 0.0833. The number of benzene rings is 3. The van der Waals surface area contributed by atoms with Crippen molar-refractivity contribution in [2.75, 3.05) is 0 Å². The quantitative estimate of drug-likeness (QED) is 0.496. The lowest BCUT2D eigenvalue weighted by Gasteiger charge is -2.16. The predicted molar refractivity (Wildman–Crippen MR) is 117 cm³/mol. The Bertz CT molecular complexity index is 1110. The first-order chi connectivity index (χ1) is 14.0. The van der Waals surface area contributed by atoms with Crippen LogP contribution in [0.15, 0.2) is 88.7 Å². The van der Waals surface area contributed by atoms with Crippen molar-refractivity contribution in [1.82, 2.24) is 4.90 Å². The molecule has 144 valence electrons. The molecule has 5 heteroatoms. The average Bonchev–Trinajstić information content (AvgIpc) is 2.95. The summed E-state index contributed by atoms with van der Waals surface area (Å²) in [6.45, 7) is 2.13. The summed E-state index contributed by atoms with van der Waals surface area (Å²) in [4.78, 5) is 29.2. The number of hydrogen-bond acceptors (Lipinski definition) is 3. The Morgan fingerprint density at radius 3 is 2.17 bits per heavy atom. The molecule has 3 aromatic rings. The molecule has 0 saturated carbocycles. The highest BCUT2D eigenvalue weighted by Crippen LogP contribution is 2.40. The van der Waals surface area contributed by atoms with Crippen molar-refractivity contribution in [3.63, 3.8) is 0 Å². The molecule has 0 atom stereocenters. The first kappa shape index (κ1) is 19.5. The number of imide groups is 1. The van der Waals surface area contributed by atoms with Crippen LogP contribution in [0.1, 0.15) is 16.7 Å². The zero-order valence-corrected chi connectivity index (χ0v) is 17.3. The van der Waals surface area contributed by atoms with Gasteiger partial charge in [-0.25, -0.2) is 0 Å². The maximum absolute atomic E-state index is 13.3. The summed E-state index contributed by atoms with van der Waals surface area (Å²) in [5.41, 5.74) is 3.02. The van der Waals surface area contributed by atoms with E-state index in [4.69, 9.17) is 11.6 Å². The molecule has 2 amide bonds. The summed E-state index contributed by atoms with van der Waals surface area (Å²) in [7, 11) is 0. The van der Waals surface area contributed by atoms with Crippen LogP contribution in [0.4, 0.5) is 0 Å². The number of hydrogen-bond donors (Lipinski definition) is 0. The monoisotopic (exact) mass is 419 g/mol. The highest BCUT2D eigenvalue weighted by atomic mass is 35.5. The third-order valence-corrected chi connectivity index (χ3v) is 6.17. The minimum atomic E-state index is -0.294. The number of thioether (sulfide) groups is 1. The molecule has 0 N–H and O–H groups in total. The van der Waals surface area contributed by atoms with Crippen LogP contribution in [0.25, 0.3) is 5.57 Å². The molecule has 1 heterocycles. The van der Waals surface area contributed by atoms with Gasteiger partial charge in [-0.05, 0) is 36.2 Å². The van der Waals surface area contributed by atoms with Crippen LogP contribution in [-0.2, 0) is 16.1 Å². The molecule has 29 heavy (non-hydrogen) atoms. The van der Waals surface area contributed by atoms with Gasteiger partial charge in [-0.3, -0.25) is 14.5 Å². The minimum absolute atomic E-state index is 0.144. The summed E-state index contributed by atoms with van der Waals surface area (Å²) in [6.07, 6.45) is 0. The highest BCUT2D eigenvalue weighted by Gasteiger charge is 2.39. The summed E-state index contributed by atoms with van der Waals surface area (Å²) in [6, 6.07) is 24.5. The molecule has 0 aromatic heterocycles. The van der Waals surface area contributed by atoms with E-state index in [2.05, 4.69) is 0 Å². The predicted octanol–water partition coefficient (Wildman–Crippen LogP) is 5.72. The number of aryl methyl sites for hydroxylation is 1. The molecule has 0 radical (unpaired) electrons. The Balaban J connectivity index is 1.75. The van der Waals surface area contributed by atoms with Crippen molar-refractivity contribution in [2.24, 2.45) is 0 Å². The Labute approximate surface area is 179 Å². The van der Waals surface area contributed by atoms with Crippen molar-refractivity contribution in [3.8, 4) is 0 Å². The average molecular weight is 420 g/mol. The normalized spacial score (nSPS) is 14.1. The van der Waals surface area contributed by atoms with Gasteiger partial charge >= 0.3 is 0 Å². The highest BCUT2D eigenvalue weighted by molar-refractivity contribution is 8.04. The molecule has 0 spiro atoms. The van der Waals surface area contributed by atoms with E-state index in [1.807, 2.05) is 79.7 Å². The third kappa shape index (κ3) is 4.00. The Hall–Kier alpha value is -2.82. The molecule has 0 aliphatic carbocycles. The second kappa shape index (κ2) is 8.27. The van der Waals surface area contributed by atoms with Crippen molar-refractivity contribution in [1.29, 1.82) is 0 Å². The standard InChI is InChI=1S/C24H18ClNO2S/c1-16-11-13-17(14-12-16)21-22(29-19-8-3-2-4-9-19)24(28)26(23(21)27)15-18-7-5-6-10-20(18)25/h2-14H,15H2,1H3. The molecule has 0 unspecified atom stereocenters. The maximum atomic E-state index is 13.3. The van der Waals surface area contributed by atoms with Crippen LogP contribution in [0.2, 0.25) is 5.02 Å². The van der Waals surface area contributed by atoms with Gasteiger partial charge in [0.25, 0.3) is 11.8 Å².